The van der Waals surface area contributed by atoms with E-state index in [1.807, 2.05) is 0 Å². The molecule has 0 aliphatic carbocycles. The maximum absolute atomic E-state index is 13.7. The molecule has 9 heteroatoms. The molecule has 0 bridgehead atoms. The first kappa shape index (κ1) is 19.6. The van der Waals surface area contributed by atoms with Crippen molar-refractivity contribution in [3.05, 3.63) is 54.6 Å². The lowest BCUT2D eigenvalue weighted by Crippen LogP contribution is -2.48. The van der Waals surface area contributed by atoms with E-state index in [2.05, 4.69) is 26.0 Å². The molecule has 6 nitrogen and oxygen atoms in total. The number of carbonyl (C=O) groups excluding carboxylic acids is 1. The highest BCUT2D eigenvalue weighted by atomic mass is 19.3. The molecule has 0 spiro atoms. The Bertz CT molecular complexity index is 986. The maximum atomic E-state index is 13.7. The van der Waals surface area contributed by atoms with Crippen molar-refractivity contribution >= 4 is 11.7 Å². The van der Waals surface area contributed by atoms with Crippen molar-refractivity contribution in [1.82, 2.24) is 14.5 Å². The molecule has 0 saturated heterocycles. The summed E-state index contributed by atoms with van der Waals surface area (Å²) in [5.74, 6) is -1.28. The van der Waals surface area contributed by atoms with Crippen LogP contribution in [0.4, 0.5) is 19.0 Å². The van der Waals surface area contributed by atoms with Crippen LogP contribution >= 0.6 is 0 Å². The molecular formula is C19H17F3N3O3+. The number of hydrogen-bond donors (Lipinski definition) is 0. The third kappa shape index (κ3) is 3.36. The van der Waals surface area contributed by atoms with E-state index < -0.39 is 22.5 Å². The second kappa shape index (κ2) is 6.75. The van der Waals surface area contributed by atoms with Gasteiger partial charge in [-0.05, 0) is 25.1 Å². The highest BCUT2D eigenvalue weighted by Crippen LogP contribution is 2.46. The van der Waals surface area contributed by atoms with Gasteiger partial charge in [0.2, 0.25) is 0 Å². The molecule has 146 valence electrons. The van der Waals surface area contributed by atoms with E-state index in [1.165, 1.54) is 51.6 Å². The van der Waals surface area contributed by atoms with Gasteiger partial charge in [0, 0.05) is 5.56 Å². The summed E-state index contributed by atoms with van der Waals surface area (Å²) in [6.07, 6.45) is -0.160. The Balaban J connectivity index is 1.95. The first-order valence-corrected chi connectivity index (χ1v) is 8.16. The summed E-state index contributed by atoms with van der Waals surface area (Å²) in [4.78, 5) is 21.0. The number of alkyl halides is 2. The molecule has 1 aliphatic heterocycles. The number of likely N-dealkylation sites (N-methyl/N-ethyl adjacent to an activating group) is 1. The molecule has 1 aliphatic rings. The molecule has 3 rings (SSSR count). The highest BCUT2D eigenvalue weighted by Gasteiger charge is 2.44. The van der Waals surface area contributed by atoms with Gasteiger partial charge in [-0.3, -0.25) is 0 Å². The van der Waals surface area contributed by atoms with E-state index in [-0.39, 0.29) is 34.1 Å². The van der Waals surface area contributed by atoms with Gasteiger partial charge in [-0.1, -0.05) is 12.6 Å². The summed E-state index contributed by atoms with van der Waals surface area (Å²) in [5, 5.41) is 0. The van der Waals surface area contributed by atoms with Gasteiger partial charge in [0.15, 0.2) is 11.5 Å². The molecule has 2 aromatic rings. The third-order valence-corrected chi connectivity index (χ3v) is 4.28. The van der Waals surface area contributed by atoms with Gasteiger partial charge in [-0.2, -0.15) is 0 Å². The number of allylic oxidation sites excluding steroid dienone is 2. The standard InChI is InChI=1S/C19H17F3N3O3/c1-5-13(20)11(2)18(26)25(3,4)16-10-23-14(9-24-16)12-7-6-8-15-17(12)28-19(21,22)27-15/h5-10H,1H2,2-4H3/q+1. The van der Waals surface area contributed by atoms with Crippen LogP contribution in [0.3, 0.4) is 0 Å². The molecule has 0 saturated carbocycles. The smallest absolute Gasteiger partial charge is 0.395 e. The Labute approximate surface area is 159 Å². The monoisotopic (exact) mass is 392 g/mol. The van der Waals surface area contributed by atoms with Crippen molar-refractivity contribution in [3.8, 4) is 22.8 Å². The van der Waals surface area contributed by atoms with Crippen LogP contribution < -0.4 is 14.0 Å². The van der Waals surface area contributed by atoms with Crippen LogP contribution in [0.1, 0.15) is 6.92 Å². The number of halogens is 3. The number of benzene rings is 1. The molecule has 1 amide bonds. The number of nitrogens with zero attached hydrogens (tertiary/aromatic N) is 3. The molecular weight excluding hydrogens is 375 g/mol. The van der Waals surface area contributed by atoms with Crippen molar-refractivity contribution < 1.29 is 27.4 Å². The van der Waals surface area contributed by atoms with E-state index in [9.17, 15) is 18.0 Å². The predicted octanol–water partition coefficient (Wildman–Crippen LogP) is 3.99. The van der Waals surface area contributed by atoms with Gasteiger partial charge < -0.3 is 9.47 Å². The van der Waals surface area contributed by atoms with Crippen molar-refractivity contribution in [2.24, 2.45) is 0 Å². The summed E-state index contributed by atoms with van der Waals surface area (Å²) < 4.78 is 49.0. The van der Waals surface area contributed by atoms with Crippen LogP contribution in [-0.4, -0.2) is 36.3 Å². The zero-order valence-electron chi connectivity index (χ0n) is 15.4. The zero-order chi connectivity index (χ0) is 20.7. The van der Waals surface area contributed by atoms with Crippen molar-refractivity contribution in [1.29, 1.82) is 0 Å². The summed E-state index contributed by atoms with van der Waals surface area (Å²) in [5.41, 5.74) is 0.414. The van der Waals surface area contributed by atoms with E-state index in [4.69, 9.17) is 0 Å². The number of amides is 1. The van der Waals surface area contributed by atoms with Crippen LogP contribution in [0.15, 0.2) is 54.6 Å². The lowest BCUT2D eigenvalue weighted by Gasteiger charge is -2.24. The molecule has 0 fully saturated rings. The lowest BCUT2D eigenvalue weighted by atomic mass is 10.1. The Morgan fingerprint density at radius 2 is 1.93 bits per heavy atom. The Morgan fingerprint density at radius 1 is 1.21 bits per heavy atom. The first-order chi connectivity index (χ1) is 13.1. The van der Waals surface area contributed by atoms with Crippen LogP contribution in [0.2, 0.25) is 0 Å². The molecule has 2 heterocycles. The Hall–Kier alpha value is -3.20. The summed E-state index contributed by atoms with van der Waals surface area (Å²) in [6.45, 7) is 4.66. The number of quaternary nitrogens is 1. The van der Waals surface area contributed by atoms with Gasteiger partial charge in [0.1, 0.15) is 12.0 Å². The summed E-state index contributed by atoms with van der Waals surface area (Å²) in [6, 6.07) is 4.40. The Morgan fingerprint density at radius 3 is 2.54 bits per heavy atom. The number of aromatic nitrogens is 2. The normalized spacial score (nSPS) is 15.8. The SMILES string of the molecule is C=CC(F)=C(C)C(=O)[N+](C)(C)c1cnc(-c2cccc3c2OC(F)(F)O3)cn1. The Kier molecular flexibility index (Phi) is 4.72. The van der Waals surface area contributed by atoms with Crippen molar-refractivity contribution in [3.63, 3.8) is 0 Å². The zero-order valence-corrected chi connectivity index (χ0v) is 15.4. The van der Waals surface area contributed by atoms with Crippen molar-refractivity contribution in [2.75, 3.05) is 14.1 Å². The summed E-state index contributed by atoms with van der Waals surface area (Å²) >= 11 is 0. The minimum absolute atomic E-state index is 0.0977. The fraction of sp³-hybridized carbons (Fsp3) is 0.211. The quantitative estimate of drug-likeness (QED) is 0.447. The summed E-state index contributed by atoms with van der Waals surface area (Å²) in [7, 11) is 3.06. The number of para-hydroxylation sites is 1. The molecule has 1 aromatic carbocycles. The number of fused-ring (bicyclic) bond motifs is 1. The van der Waals surface area contributed by atoms with Crippen LogP contribution in [0.25, 0.3) is 11.3 Å². The van der Waals surface area contributed by atoms with Gasteiger partial charge in [0.25, 0.3) is 5.82 Å². The fourth-order valence-electron chi connectivity index (χ4n) is 2.70. The van der Waals surface area contributed by atoms with Crippen LogP contribution in [0, 0.1) is 0 Å². The average molecular weight is 392 g/mol. The molecule has 1 aromatic heterocycles. The maximum Gasteiger partial charge on any atom is 0.586 e. The predicted molar refractivity (Wildman–Crippen MR) is 96.3 cm³/mol. The van der Waals surface area contributed by atoms with Crippen LogP contribution in [0.5, 0.6) is 11.5 Å². The topological polar surface area (TPSA) is 61.3 Å². The van der Waals surface area contributed by atoms with Gasteiger partial charge in [-0.25, -0.2) is 23.6 Å². The second-order valence-corrected chi connectivity index (χ2v) is 6.50. The van der Waals surface area contributed by atoms with E-state index in [1.54, 1.807) is 0 Å². The minimum atomic E-state index is -3.75. The lowest BCUT2D eigenvalue weighted by molar-refractivity contribution is -0.286. The van der Waals surface area contributed by atoms with Crippen LogP contribution in [-0.2, 0) is 4.79 Å². The molecule has 0 radical (unpaired) electrons. The molecule has 28 heavy (non-hydrogen) atoms. The van der Waals surface area contributed by atoms with Gasteiger partial charge in [0.05, 0.1) is 31.6 Å². The molecule has 0 unspecified atom stereocenters. The fourth-order valence-corrected chi connectivity index (χ4v) is 2.70. The second-order valence-electron chi connectivity index (χ2n) is 6.50. The number of hydrogen-bond acceptors (Lipinski definition) is 5. The largest absolute Gasteiger partial charge is 0.586 e. The molecule has 0 atom stereocenters. The van der Waals surface area contributed by atoms with Gasteiger partial charge >= 0.3 is 12.2 Å². The van der Waals surface area contributed by atoms with Gasteiger partial charge in [-0.15, -0.1) is 8.78 Å². The van der Waals surface area contributed by atoms with E-state index in [0.29, 0.717) is 0 Å². The van der Waals surface area contributed by atoms with E-state index in [0.717, 1.165) is 6.08 Å². The number of rotatable bonds is 4. The number of ether oxygens (including phenoxy) is 2. The highest BCUT2D eigenvalue weighted by molar-refractivity contribution is 6.00. The average Bonchev–Trinajstić information content (AvgIpc) is 2.99. The van der Waals surface area contributed by atoms with Crippen molar-refractivity contribution in [2.45, 2.75) is 13.2 Å². The third-order valence-electron chi connectivity index (χ3n) is 4.28. The van der Waals surface area contributed by atoms with E-state index >= 15 is 0 Å². The molecule has 0 N–H and O–H groups in total. The number of carbonyl (C=O) groups is 1. The first-order valence-electron chi connectivity index (χ1n) is 8.16. The minimum Gasteiger partial charge on any atom is -0.395 e.